The van der Waals surface area contributed by atoms with Gasteiger partial charge in [0.15, 0.2) is 0 Å². The molecule has 0 aliphatic heterocycles. The molecule has 2 rings (SSSR count). The van der Waals surface area contributed by atoms with Crippen LogP contribution in [-0.2, 0) is 0 Å². The number of anilines is 1. The summed E-state index contributed by atoms with van der Waals surface area (Å²) in [7, 11) is 0. The van der Waals surface area contributed by atoms with Crippen LogP contribution in [0.5, 0.6) is 5.75 Å². The van der Waals surface area contributed by atoms with Gasteiger partial charge in [-0.05, 0) is 55.3 Å². The van der Waals surface area contributed by atoms with Gasteiger partial charge in [-0.15, -0.1) is 0 Å². The number of halogens is 1. The Morgan fingerprint density at radius 1 is 1.05 bits per heavy atom. The molecule has 2 aromatic carbocycles. The lowest BCUT2D eigenvalue weighted by Crippen LogP contribution is -2.12. The summed E-state index contributed by atoms with van der Waals surface area (Å²) in [6, 6.07) is 12.3. The van der Waals surface area contributed by atoms with E-state index in [1.165, 1.54) is 23.3 Å². The summed E-state index contributed by atoms with van der Waals surface area (Å²) in [4.78, 5) is 0. The lowest BCUT2D eigenvalue weighted by molar-refractivity contribution is 0.330. The molecule has 0 heterocycles. The predicted molar refractivity (Wildman–Crippen MR) is 76.3 cm³/mol. The van der Waals surface area contributed by atoms with Crippen molar-refractivity contribution < 1.29 is 9.13 Å². The van der Waals surface area contributed by atoms with Gasteiger partial charge in [0.1, 0.15) is 18.2 Å². The van der Waals surface area contributed by atoms with Gasteiger partial charge in [0.25, 0.3) is 0 Å². The number of aryl methyl sites for hydroxylation is 1. The van der Waals surface area contributed by atoms with Gasteiger partial charge in [0.2, 0.25) is 0 Å². The molecule has 0 aromatic heterocycles. The number of hydrogen-bond acceptors (Lipinski definition) is 2. The Bertz CT molecular complexity index is 537. The average molecular weight is 259 g/mol. The minimum absolute atomic E-state index is 0.225. The average Bonchev–Trinajstić information content (AvgIpc) is 2.41. The standard InChI is InChI=1S/C16H18FNO/c1-12-4-3-5-16(13(12)2)19-11-10-18-15-8-6-14(17)7-9-15/h3-9,18H,10-11H2,1-2H3. The van der Waals surface area contributed by atoms with E-state index in [0.717, 1.165) is 11.4 Å². The zero-order chi connectivity index (χ0) is 13.7. The van der Waals surface area contributed by atoms with E-state index in [1.54, 1.807) is 12.1 Å². The lowest BCUT2D eigenvalue weighted by Gasteiger charge is -2.11. The van der Waals surface area contributed by atoms with Gasteiger partial charge >= 0.3 is 0 Å². The zero-order valence-electron chi connectivity index (χ0n) is 11.2. The quantitative estimate of drug-likeness (QED) is 0.821. The second-order valence-electron chi connectivity index (χ2n) is 4.48. The number of benzene rings is 2. The Morgan fingerprint density at radius 2 is 1.79 bits per heavy atom. The summed E-state index contributed by atoms with van der Waals surface area (Å²) in [5.74, 6) is 0.693. The van der Waals surface area contributed by atoms with Crippen LogP contribution in [0, 0.1) is 19.7 Å². The van der Waals surface area contributed by atoms with Crippen molar-refractivity contribution in [2.45, 2.75) is 13.8 Å². The molecule has 0 amide bonds. The van der Waals surface area contributed by atoms with Crippen LogP contribution in [0.4, 0.5) is 10.1 Å². The van der Waals surface area contributed by atoms with Crippen molar-refractivity contribution in [3.63, 3.8) is 0 Å². The molecular weight excluding hydrogens is 241 g/mol. The van der Waals surface area contributed by atoms with Crippen LogP contribution < -0.4 is 10.1 Å². The van der Waals surface area contributed by atoms with Crippen LogP contribution in [-0.4, -0.2) is 13.2 Å². The molecule has 100 valence electrons. The van der Waals surface area contributed by atoms with Crippen molar-refractivity contribution in [3.8, 4) is 5.75 Å². The molecule has 0 aliphatic rings. The minimum atomic E-state index is -0.225. The topological polar surface area (TPSA) is 21.3 Å². The number of hydrogen-bond donors (Lipinski definition) is 1. The molecular formula is C16H18FNO. The molecule has 0 aliphatic carbocycles. The summed E-state index contributed by atoms with van der Waals surface area (Å²) in [5, 5.41) is 3.18. The molecule has 0 atom stereocenters. The van der Waals surface area contributed by atoms with E-state index >= 15 is 0 Å². The van der Waals surface area contributed by atoms with E-state index < -0.39 is 0 Å². The number of nitrogens with one attached hydrogen (secondary N) is 1. The summed E-state index contributed by atoms with van der Waals surface area (Å²) in [6.07, 6.45) is 0. The minimum Gasteiger partial charge on any atom is -0.491 e. The maximum Gasteiger partial charge on any atom is 0.123 e. The highest BCUT2D eigenvalue weighted by Gasteiger charge is 2.01. The molecule has 0 bridgehead atoms. The molecule has 2 aromatic rings. The van der Waals surface area contributed by atoms with Crippen LogP contribution in [0.2, 0.25) is 0 Å². The molecule has 0 fully saturated rings. The first kappa shape index (κ1) is 13.4. The van der Waals surface area contributed by atoms with Crippen molar-refractivity contribution in [3.05, 3.63) is 59.4 Å². The van der Waals surface area contributed by atoms with Crippen molar-refractivity contribution in [2.24, 2.45) is 0 Å². The first-order chi connectivity index (χ1) is 9.16. The van der Waals surface area contributed by atoms with Gasteiger partial charge < -0.3 is 10.1 Å². The highest BCUT2D eigenvalue weighted by molar-refractivity contribution is 5.43. The van der Waals surface area contributed by atoms with Crippen molar-refractivity contribution in [1.29, 1.82) is 0 Å². The third-order valence-corrected chi connectivity index (χ3v) is 3.09. The molecule has 0 unspecified atom stereocenters. The van der Waals surface area contributed by atoms with Gasteiger partial charge in [-0.3, -0.25) is 0 Å². The van der Waals surface area contributed by atoms with Gasteiger partial charge in [0, 0.05) is 12.2 Å². The highest BCUT2D eigenvalue weighted by Crippen LogP contribution is 2.20. The van der Waals surface area contributed by atoms with Gasteiger partial charge in [-0.25, -0.2) is 4.39 Å². The largest absolute Gasteiger partial charge is 0.491 e. The summed E-state index contributed by atoms with van der Waals surface area (Å²) >= 11 is 0. The molecule has 1 N–H and O–H groups in total. The second-order valence-corrected chi connectivity index (χ2v) is 4.48. The first-order valence-corrected chi connectivity index (χ1v) is 6.35. The molecule has 0 saturated heterocycles. The maximum absolute atomic E-state index is 12.7. The van der Waals surface area contributed by atoms with Crippen molar-refractivity contribution >= 4 is 5.69 Å². The zero-order valence-corrected chi connectivity index (χ0v) is 11.2. The van der Waals surface area contributed by atoms with E-state index in [9.17, 15) is 4.39 Å². The van der Waals surface area contributed by atoms with Crippen LogP contribution >= 0.6 is 0 Å². The third-order valence-electron chi connectivity index (χ3n) is 3.09. The van der Waals surface area contributed by atoms with Crippen molar-refractivity contribution in [1.82, 2.24) is 0 Å². The molecule has 2 nitrogen and oxygen atoms in total. The summed E-state index contributed by atoms with van der Waals surface area (Å²) in [5.41, 5.74) is 3.29. The summed E-state index contributed by atoms with van der Waals surface area (Å²) in [6.45, 7) is 5.37. The monoisotopic (exact) mass is 259 g/mol. The van der Waals surface area contributed by atoms with Gasteiger partial charge in [-0.2, -0.15) is 0 Å². The fourth-order valence-corrected chi connectivity index (χ4v) is 1.80. The normalized spacial score (nSPS) is 10.3. The molecule has 19 heavy (non-hydrogen) atoms. The molecule has 0 spiro atoms. The Balaban J connectivity index is 1.81. The molecule has 3 heteroatoms. The number of ether oxygens (including phenoxy) is 1. The van der Waals surface area contributed by atoms with Gasteiger partial charge in [-0.1, -0.05) is 12.1 Å². The van der Waals surface area contributed by atoms with Crippen LogP contribution in [0.25, 0.3) is 0 Å². The smallest absolute Gasteiger partial charge is 0.123 e. The fourth-order valence-electron chi connectivity index (χ4n) is 1.80. The van der Waals surface area contributed by atoms with Crippen molar-refractivity contribution in [2.75, 3.05) is 18.5 Å². The Kier molecular flexibility index (Phi) is 4.39. The Morgan fingerprint density at radius 3 is 2.53 bits per heavy atom. The Hall–Kier alpha value is -2.03. The van der Waals surface area contributed by atoms with E-state index in [1.807, 2.05) is 12.1 Å². The van der Waals surface area contributed by atoms with Gasteiger partial charge in [0.05, 0.1) is 0 Å². The summed E-state index contributed by atoms with van der Waals surface area (Å²) < 4.78 is 18.5. The van der Waals surface area contributed by atoms with E-state index in [2.05, 4.69) is 25.2 Å². The van der Waals surface area contributed by atoms with E-state index in [4.69, 9.17) is 4.74 Å². The SMILES string of the molecule is Cc1cccc(OCCNc2ccc(F)cc2)c1C. The lowest BCUT2D eigenvalue weighted by atomic mass is 10.1. The third kappa shape index (κ3) is 3.71. The van der Waals surface area contributed by atoms with Crippen LogP contribution in [0.3, 0.4) is 0 Å². The maximum atomic E-state index is 12.7. The molecule has 0 radical (unpaired) electrons. The number of rotatable bonds is 5. The first-order valence-electron chi connectivity index (χ1n) is 6.35. The second kappa shape index (κ2) is 6.23. The molecule has 0 saturated carbocycles. The fraction of sp³-hybridized carbons (Fsp3) is 0.250. The predicted octanol–water partition coefficient (Wildman–Crippen LogP) is 3.93. The van der Waals surface area contributed by atoms with Crippen LogP contribution in [0.1, 0.15) is 11.1 Å². The Labute approximate surface area is 113 Å². The van der Waals surface area contributed by atoms with E-state index in [-0.39, 0.29) is 5.82 Å². The van der Waals surface area contributed by atoms with E-state index in [0.29, 0.717) is 13.2 Å². The highest BCUT2D eigenvalue weighted by atomic mass is 19.1. The van der Waals surface area contributed by atoms with Crippen LogP contribution in [0.15, 0.2) is 42.5 Å².